The van der Waals surface area contributed by atoms with Crippen LogP contribution in [0, 0.1) is 5.92 Å². The maximum absolute atomic E-state index is 9.64. The van der Waals surface area contributed by atoms with E-state index >= 15 is 0 Å². The van der Waals surface area contributed by atoms with E-state index in [0.717, 1.165) is 0 Å². The van der Waals surface area contributed by atoms with Gasteiger partial charge in [-0.05, 0) is 6.42 Å². The Kier molecular flexibility index (Phi) is 2.32. The third-order valence-electron chi connectivity index (χ3n) is 2.61. The van der Waals surface area contributed by atoms with E-state index in [1.54, 1.807) is 7.11 Å². The summed E-state index contributed by atoms with van der Waals surface area (Å²) < 4.78 is 15.9. The number of ether oxygens (including phenoxy) is 3. The lowest BCUT2D eigenvalue weighted by Gasteiger charge is -2.31. The molecule has 4 atom stereocenters. The van der Waals surface area contributed by atoms with Crippen LogP contribution in [0.5, 0.6) is 0 Å². The molecule has 0 aromatic rings. The number of rotatable bonds is 1. The average Bonchev–Trinajstić information content (AvgIpc) is 2.49. The summed E-state index contributed by atoms with van der Waals surface area (Å²) in [5, 5.41) is 9.64. The third kappa shape index (κ3) is 1.25. The molecule has 2 saturated heterocycles. The fourth-order valence-electron chi connectivity index (χ4n) is 1.90. The lowest BCUT2D eigenvalue weighted by molar-refractivity contribution is -0.184. The standard InChI is InChI=1S/C8H14O4/c1-10-6-4-12-8-7(6)5(9)2-3-11-8/h5-9H,2-4H2,1H3/t5-,6-,7-,8-/m0/s1. The van der Waals surface area contributed by atoms with Crippen molar-refractivity contribution >= 4 is 0 Å². The van der Waals surface area contributed by atoms with Gasteiger partial charge in [-0.3, -0.25) is 0 Å². The van der Waals surface area contributed by atoms with E-state index in [0.29, 0.717) is 19.6 Å². The third-order valence-corrected chi connectivity index (χ3v) is 2.61. The van der Waals surface area contributed by atoms with Crippen molar-refractivity contribution in [1.29, 1.82) is 0 Å². The topological polar surface area (TPSA) is 47.9 Å². The van der Waals surface area contributed by atoms with Crippen LogP contribution in [0.1, 0.15) is 6.42 Å². The Balaban J connectivity index is 2.06. The van der Waals surface area contributed by atoms with Crippen LogP contribution in [0.3, 0.4) is 0 Å². The van der Waals surface area contributed by atoms with Gasteiger partial charge >= 0.3 is 0 Å². The molecule has 70 valence electrons. The van der Waals surface area contributed by atoms with Crippen molar-refractivity contribution < 1.29 is 19.3 Å². The van der Waals surface area contributed by atoms with E-state index in [1.165, 1.54) is 0 Å². The van der Waals surface area contributed by atoms with Gasteiger partial charge in [0.1, 0.15) is 0 Å². The number of aliphatic hydroxyl groups excluding tert-OH is 1. The van der Waals surface area contributed by atoms with Crippen LogP contribution in [0.4, 0.5) is 0 Å². The summed E-state index contributed by atoms with van der Waals surface area (Å²) in [5.74, 6) is 0.00347. The second kappa shape index (κ2) is 3.30. The van der Waals surface area contributed by atoms with E-state index in [-0.39, 0.29) is 24.4 Å². The first kappa shape index (κ1) is 8.44. The lowest BCUT2D eigenvalue weighted by Crippen LogP contribution is -2.42. The van der Waals surface area contributed by atoms with Gasteiger partial charge in [-0.25, -0.2) is 0 Å². The van der Waals surface area contributed by atoms with Crippen LogP contribution in [0.15, 0.2) is 0 Å². The first-order valence-electron chi connectivity index (χ1n) is 4.27. The molecule has 0 radical (unpaired) electrons. The van der Waals surface area contributed by atoms with Crippen molar-refractivity contribution in [2.45, 2.75) is 24.9 Å². The van der Waals surface area contributed by atoms with Gasteiger partial charge in [0.15, 0.2) is 6.29 Å². The first-order valence-corrected chi connectivity index (χ1v) is 4.27. The van der Waals surface area contributed by atoms with E-state index in [1.807, 2.05) is 0 Å². The molecule has 2 rings (SSSR count). The summed E-state index contributed by atoms with van der Waals surface area (Å²) in [6.45, 7) is 1.11. The highest BCUT2D eigenvalue weighted by molar-refractivity contribution is 4.87. The molecule has 12 heavy (non-hydrogen) atoms. The maximum atomic E-state index is 9.64. The zero-order valence-electron chi connectivity index (χ0n) is 7.10. The lowest BCUT2D eigenvalue weighted by atomic mass is 9.93. The molecular weight excluding hydrogens is 160 g/mol. The zero-order chi connectivity index (χ0) is 8.55. The number of hydrogen-bond acceptors (Lipinski definition) is 4. The number of aliphatic hydroxyl groups is 1. The molecule has 0 unspecified atom stereocenters. The minimum atomic E-state index is -0.337. The van der Waals surface area contributed by atoms with Crippen LogP contribution in [-0.2, 0) is 14.2 Å². The quantitative estimate of drug-likeness (QED) is 0.595. The van der Waals surface area contributed by atoms with Gasteiger partial charge in [-0.15, -0.1) is 0 Å². The summed E-state index contributed by atoms with van der Waals surface area (Å²) in [6, 6.07) is 0. The molecule has 2 aliphatic heterocycles. The Bertz CT molecular complexity index is 155. The Morgan fingerprint density at radius 2 is 2.25 bits per heavy atom. The predicted molar refractivity (Wildman–Crippen MR) is 40.6 cm³/mol. The minimum Gasteiger partial charge on any atom is -0.392 e. The van der Waals surface area contributed by atoms with Gasteiger partial charge < -0.3 is 19.3 Å². The van der Waals surface area contributed by atoms with Crippen LogP contribution in [0.25, 0.3) is 0 Å². The number of methoxy groups -OCH3 is 1. The zero-order valence-corrected chi connectivity index (χ0v) is 7.10. The van der Waals surface area contributed by atoms with Crippen molar-refractivity contribution in [1.82, 2.24) is 0 Å². The Labute approximate surface area is 71.4 Å². The molecule has 2 aliphatic rings. The molecular formula is C8H14O4. The summed E-state index contributed by atoms with van der Waals surface area (Å²) >= 11 is 0. The van der Waals surface area contributed by atoms with Crippen molar-refractivity contribution in [3.63, 3.8) is 0 Å². The molecule has 2 fully saturated rings. The SMILES string of the molecule is CO[C@H]1CO[C@@H]2OCC[C@H](O)[C@H]21. The van der Waals surface area contributed by atoms with E-state index in [2.05, 4.69) is 0 Å². The van der Waals surface area contributed by atoms with Crippen molar-refractivity contribution in [3.8, 4) is 0 Å². The Morgan fingerprint density at radius 1 is 1.42 bits per heavy atom. The summed E-state index contributed by atoms with van der Waals surface area (Å²) in [4.78, 5) is 0. The summed E-state index contributed by atoms with van der Waals surface area (Å²) in [5.41, 5.74) is 0. The summed E-state index contributed by atoms with van der Waals surface area (Å²) in [6.07, 6.45) is 0.0879. The Morgan fingerprint density at radius 3 is 3.00 bits per heavy atom. The number of fused-ring (bicyclic) bond motifs is 1. The molecule has 0 bridgehead atoms. The van der Waals surface area contributed by atoms with E-state index < -0.39 is 0 Å². The molecule has 0 saturated carbocycles. The molecule has 0 aromatic heterocycles. The van der Waals surface area contributed by atoms with Gasteiger partial charge in [0, 0.05) is 7.11 Å². The average molecular weight is 174 g/mol. The van der Waals surface area contributed by atoms with Gasteiger partial charge in [-0.2, -0.15) is 0 Å². The Hall–Kier alpha value is -0.160. The van der Waals surface area contributed by atoms with E-state index in [4.69, 9.17) is 14.2 Å². The highest BCUT2D eigenvalue weighted by Crippen LogP contribution is 2.32. The number of hydrogen-bond donors (Lipinski definition) is 1. The summed E-state index contributed by atoms with van der Waals surface area (Å²) in [7, 11) is 1.64. The van der Waals surface area contributed by atoms with Crippen molar-refractivity contribution in [2.24, 2.45) is 5.92 Å². The maximum Gasteiger partial charge on any atom is 0.165 e. The minimum absolute atomic E-state index is 0.00347. The van der Waals surface area contributed by atoms with Gasteiger partial charge in [-0.1, -0.05) is 0 Å². The molecule has 0 amide bonds. The molecule has 4 heteroatoms. The molecule has 4 nitrogen and oxygen atoms in total. The van der Waals surface area contributed by atoms with Gasteiger partial charge in [0.2, 0.25) is 0 Å². The van der Waals surface area contributed by atoms with Crippen LogP contribution in [-0.4, -0.2) is 43.9 Å². The van der Waals surface area contributed by atoms with Crippen LogP contribution >= 0.6 is 0 Å². The smallest absolute Gasteiger partial charge is 0.165 e. The largest absolute Gasteiger partial charge is 0.392 e. The van der Waals surface area contributed by atoms with Crippen molar-refractivity contribution in [3.05, 3.63) is 0 Å². The van der Waals surface area contributed by atoms with Gasteiger partial charge in [0.25, 0.3) is 0 Å². The second-order valence-electron chi connectivity index (χ2n) is 3.28. The second-order valence-corrected chi connectivity index (χ2v) is 3.28. The monoisotopic (exact) mass is 174 g/mol. The van der Waals surface area contributed by atoms with Crippen molar-refractivity contribution in [2.75, 3.05) is 20.3 Å². The highest BCUT2D eigenvalue weighted by atomic mass is 16.7. The normalized spacial score (nSPS) is 47.5. The fourth-order valence-corrected chi connectivity index (χ4v) is 1.90. The predicted octanol–water partition coefficient (Wildman–Crippen LogP) is -0.245. The molecule has 0 spiro atoms. The first-order chi connectivity index (χ1) is 5.83. The molecule has 1 N–H and O–H groups in total. The van der Waals surface area contributed by atoms with Crippen LogP contribution < -0.4 is 0 Å². The molecule has 0 aromatic carbocycles. The molecule has 2 heterocycles. The highest BCUT2D eigenvalue weighted by Gasteiger charge is 2.45. The fraction of sp³-hybridized carbons (Fsp3) is 1.00. The van der Waals surface area contributed by atoms with Gasteiger partial charge in [0.05, 0.1) is 31.3 Å². The molecule has 0 aliphatic carbocycles. The van der Waals surface area contributed by atoms with Crippen LogP contribution in [0.2, 0.25) is 0 Å². The van der Waals surface area contributed by atoms with E-state index in [9.17, 15) is 5.11 Å².